The highest BCUT2D eigenvalue weighted by Gasteiger charge is 2.26. The van der Waals surface area contributed by atoms with E-state index in [-0.39, 0.29) is 12.4 Å². The molecule has 0 aliphatic carbocycles. The molecule has 0 aliphatic heterocycles. The van der Waals surface area contributed by atoms with E-state index in [9.17, 15) is 9.90 Å². The Kier molecular flexibility index (Phi) is 5.73. The van der Waals surface area contributed by atoms with Crippen LogP contribution in [0.15, 0.2) is 67.0 Å². The molecule has 158 valence electrons. The lowest BCUT2D eigenvalue weighted by molar-refractivity contribution is 0.0526. The van der Waals surface area contributed by atoms with Gasteiger partial charge in [-0.2, -0.15) is 0 Å². The first-order valence-electron chi connectivity index (χ1n) is 10.2. The van der Waals surface area contributed by atoms with Gasteiger partial charge >= 0.3 is 5.97 Å². The number of aromatic nitrogens is 2. The van der Waals surface area contributed by atoms with Gasteiger partial charge in [0.2, 0.25) is 0 Å². The molecule has 6 nitrogen and oxygen atoms in total. The highest BCUT2D eigenvalue weighted by Crippen LogP contribution is 2.38. The number of pyridine rings is 1. The van der Waals surface area contributed by atoms with E-state index in [1.807, 2.05) is 67.5 Å². The second kappa shape index (κ2) is 8.62. The summed E-state index contributed by atoms with van der Waals surface area (Å²) in [6.07, 6.45) is 3.41. The average Bonchev–Trinajstić information content (AvgIpc) is 3.06. The number of ether oxygens (including phenoxy) is 1. The van der Waals surface area contributed by atoms with E-state index in [0.29, 0.717) is 23.1 Å². The number of esters is 1. The number of hydrogen-bond acceptors (Lipinski definition) is 5. The van der Waals surface area contributed by atoms with Crippen molar-refractivity contribution in [2.75, 3.05) is 20.7 Å². The van der Waals surface area contributed by atoms with Crippen LogP contribution in [0.1, 0.15) is 23.0 Å². The van der Waals surface area contributed by atoms with Gasteiger partial charge in [0.1, 0.15) is 5.75 Å². The van der Waals surface area contributed by atoms with Gasteiger partial charge in [0.15, 0.2) is 0 Å². The van der Waals surface area contributed by atoms with Crippen LogP contribution < -0.4 is 0 Å². The van der Waals surface area contributed by atoms with Crippen LogP contribution in [0.25, 0.3) is 27.7 Å². The van der Waals surface area contributed by atoms with Gasteiger partial charge in [0.05, 0.1) is 23.4 Å². The summed E-state index contributed by atoms with van der Waals surface area (Å²) in [5.74, 6) is -0.305. The van der Waals surface area contributed by atoms with E-state index in [2.05, 4.69) is 9.55 Å². The molecule has 0 bridgehead atoms. The zero-order chi connectivity index (χ0) is 22.0. The number of aromatic hydroxyl groups is 1. The van der Waals surface area contributed by atoms with Crippen molar-refractivity contribution >= 4 is 16.9 Å². The highest BCUT2D eigenvalue weighted by molar-refractivity contribution is 6.08. The van der Waals surface area contributed by atoms with E-state index < -0.39 is 5.97 Å². The van der Waals surface area contributed by atoms with Crippen molar-refractivity contribution in [3.63, 3.8) is 0 Å². The number of carbonyl (C=O) groups excluding carboxylic acids is 1. The molecule has 0 radical (unpaired) electrons. The Labute approximate surface area is 181 Å². The molecule has 6 heteroatoms. The monoisotopic (exact) mass is 415 g/mol. The third kappa shape index (κ3) is 3.90. The van der Waals surface area contributed by atoms with Crippen LogP contribution in [0.3, 0.4) is 0 Å². The Morgan fingerprint density at radius 1 is 1.13 bits per heavy atom. The van der Waals surface area contributed by atoms with E-state index in [0.717, 1.165) is 22.5 Å². The van der Waals surface area contributed by atoms with Gasteiger partial charge in [0, 0.05) is 41.1 Å². The molecular weight excluding hydrogens is 390 g/mol. The number of nitrogens with zero attached hydrogens (tertiary/aromatic N) is 3. The number of hydrogen-bond donors (Lipinski definition) is 1. The van der Waals surface area contributed by atoms with Crippen molar-refractivity contribution in [2.45, 2.75) is 13.5 Å². The molecule has 2 aromatic heterocycles. The topological polar surface area (TPSA) is 67.6 Å². The molecule has 0 atom stereocenters. The number of fused-ring (bicyclic) bond motifs is 1. The zero-order valence-electron chi connectivity index (χ0n) is 17.9. The minimum absolute atomic E-state index is 0.0904. The molecule has 0 amide bonds. The molecular formula is C25H25N3O3. The van der Waals surface area contributed by atoms with E-state index in [4.69, 9.17) is 4.74 Å². The minimum atomic E-state index is -0.396. The quantitative estimate of drug-likeness (QED) is 0.465. The van der Waals surface area contributed by atoms with E-state index in [1.54, 1.807) is 25.4 Å². The second-order valence-electron chi connectivity index (χ2n) is 7.58. The fraction of sp³-hybridized carbons (Fsp3) is 0.200. The molecule has 31 heavy (non-hydrogen) atoms. The number of phenolic OH excluding ortho intramolecular Hbond substituents is 1. The van der Waals surface area contributed by atoms with Crippen LogP contribution >= 0.6 is 0 Å². The summed E-state index contributed by atoms with van der Waals surface area (Å²) in [6, 6.07) is 17.2. The van der Waals surface area contributed by atoms with Gasteiger partial charge in [-0.15, -0.1) is 0 Å². The Morgan fingerprint density at radius 3 is 2.55 bits per heavy atom. The smallest absolute Gasteiger partial charge is 0.340 e. The van der Waals surface area contributed by atoms with Crippen molar-refractivity contribution in [1.82, 2.24) is 14.5 Å². The first-order valence-corrected chi connectivity index (χ1v) is 10.2. The predicted octanol–water partition coefficient (Wildman–Crippen LogP) is 4.64. The molecule has 0 aliphatic rings. The van der Waals surface area contributed by atoms with Crippen molar-refractivity contribution in [3.8, 4) is 22.6 Å². The Morgan fingerprint density at radius 2 is 1.90 bits per heavy atom. The molecule has 0 spiro atoms. The number of rotatable bonds is 6. The Balaban J connectivity index is 2.10. The van der Waals surface area contributed by atoms with Crippen molar-refractivity contribution in [2.24, 2.45) is 0 Å². The van der Waals surface area contributed by atoms with Crippen LogP contribution in [-0.2, 0) is 11.3 Å². The molecule has 4 rings (SSSR count). The summed E-state index contributed by atoms with van der Waals surface area (Å²) >= 11 is 0. The van der Waals surface area contributed by atoms with Crippen LogP contribution in [0.2, 0.25) is 0 Å². The fourth-order valence-corrected chi connectivity index (χ4v) is 3.88. The average molecular weight is 415 g/mol. The van der Waals surface area contributed by atoms with Crippen LogP contribution in [0, 0.1) is 0 Å². The molecule has 0 saturated carbocycles. The second-order valence-corrected chi connectivity index (χ2v) is 7.58. The number of carbonyl (C=O) groups is 1. The van der Waals surface area contributed by atoms with E-state index in [1.165, 1.54) is 0 Å². The SMILES string of the molecule is CCOC(=O)c1c(CN(C)C)n(-c2ccccc2)c2cc(-c3cccnc3)c(O)cc12. The summed E-state index contributed by atoms with van der Waals surface area (Å²) in [5, 5.41) is 11.5. The molecule has 2 heterocycles. The van der Waals surface area contributed by atoms with Gasteiger partial charge in [-0.1, -0.05) is 24.3 Å². The fourth-order valence-electron chi connectivity index (χ4n) is 3.88. The first-order chi connectivity index (χ1) is 15.0. The van der Waals surface area contributed by atoms with E-state index >= 15 is 0 Å². The summed E-state index contributed by atoms with van der Waals surface area (Å²) in [5.41, 5.74) is 4.50. The highest BCUT2D eigenvalue weighted by atomic mass is 16.5. The van der Waals surface area contributed by atoms with Crippen LogP contribution in [0.5, 0.6) is 5.75 Å². The summed E-state index contributed by atoms with van der Waals surface area (Å²) in [7, 11) is 3.92. The standard InChI is InChI=1S/C25H25N3O3/c1-4-31-25(30)24-20-14-23(29)19(17-9-8-12-26-15-17)13-21(20)28(22(24)16-27(2)3)18-10-6-5-7-11-18/h5-15,29H,4,16H2,1-3H3. The lowest BCUT2D eigenvalue weighted by Crippen LogP contribution is -2.17. The number of para-hydroxylation sites is 1. The molecule has 4 aromatic rings. The third-order valence-electron chi connectivity index (χ3n) is 5.12. The van der Waals surface area contributed by atoms with Crippen LogP contribution in [-0.4, -0.2) is 46.2 Å². The summed E-state index contributed by atoms with van der Waals surface area (Å²) < 4.78 is 7.47. The van der Waals surface area contributed by atoms with Crippen molar-refractivity contribution in [3.05, 3.63) is 78.2 Å². The molecule has 0 saturated heterocycles. The normalized spacial score (nSPS) is 11.2. The summed E-state index contributed by atoms with van der Waals surface area (Å²) in [6.45, 7) is 2.59. The summed E-state index contributed by atoms with van der Waals surface area (Å²) in [4.78, 5) is 19.2. The molecule has 2 aromatic carbocycles. The first kappa shape index (κ1) is 20.6. The Hall–Kier alpha value is -3.64. The maximum absolute atomic E-state index is 13.0. The van der Waals surface area contributed by atoms with Crippen LogP contribution in [0.4, 0.5) is 0 Å². The van der Waals surface area contributed by atoms with Gasteiger partial charge in [-0.05, 0) is 51.4 Å². The van der Waals surface area contributed by atoms with Gasteiger partial charge in [0.25, 0.3) is 0 Å². The molecule has 0 fully saturated rings. The number of benzene rings is 2. The zero-order valence-corrected chi connectivity index (χ0v) is 17.9. The number of phenols is 1. The van der Waals surface area contributed by atoms with Crippen molar-refractivity contribution < 1.29 is 14.6 Å². The largest absolute Gasteiger partial charge is 0.507 e. The lowest BCUT2D eigenvalue weighted by Gasteiger charge is -2.16. The lowest BCUT2D eigenvalue weighted by atomic mass is 10.0. The van der Waals surface area contributed by atoms with Crippen molar-refractivity contribution in [1.29, 1.82) is 0 Å². The Bertz CT molecular complexity index is 1220. The van der Waals surface area contributed by atoms with Gasteiger partial charge in [-0.3, -0.25) is 4.98 Å². The maximum Gasteiger partial charge on any atom is 0.340 e. The predicted molar refractivity (Wildman–Crippen MR) is 122 cm³/mol. The third-order valence-corrected chi connectivity index (χ3v) is 5.12. The van der Waals surface area contributed by atoms with Gasteiger partial charge in [-0.25, -0.2) is 4.79 Å². The minimum Gasteiger partial charge on any atom is -0.507 e. The maximum atomic E-state index is 13.0. The molecule has 1 N–H and O–H groups in total. The molecule has 0 unspecified atom stereocenters. The van der Waals surface area contributed by atoms with Gasteiger partial charge < -0.3 is 19.3 Å².